The lowest BCUT2D eigenvalue weighted by atomic mass is 10.1. The first-order valence-corrected chi connectivity index (χ1v) is 8.57. The minimum absolute atomic E-state index is 0.538. The quantitative estimate of drug-likeness (QED) is 0.758. The lowest BCUT2D eigenvalue weighted by Crippen LogP contribution is -2.31. The Balaban J connectivity index is 1.83. The van der Waals surface area contributed by atoms with Crippen molar-refractivity contribution in [2.45, 2.75) is 37.6 Å². The molecule has 2 aromatic rings. The van der Waals surface area contributed by atoms with Crippen molar-refractivity contribution < 1.29 is 0 Å². The second kappa shape index (κ2) is 8.25. The summed E-state index contributed by atoms with van der Waals surface area (Å²) in [5.41, 5.74) is 2.62. The van der Waals surface area contributed by atoms with Crippen LogP contribution in [0.3, 0.4) is 0 Å². The number of aromatic nitrogens is 2. The third-order valence-electron chi connectivity index (χ3n) is 3.64. The Labute approximate surface area is 132 Å². The summed E-state index contributed by atoms with van der Waals surface area (Å²) in [7, 11) is 2.01. The monoisotopic (exact) mass is 303 g/mol. The summed E-state index contributed by atoms with van der Waals surface area (Å²) >= 11 is 1.93. The molecule has 2 rings (SSSR count). The van der Waals surface area contributed by atoms with Crippen molar-refractivity contribution in [2.75, 3.05) is 12.3 Å². The largest absolute Gasteiger partial charge is 0.313 e. The van der Waals surface area contributed by atoms with Gasteiger partial charge in [-0.15, -0.1) is 11.8 Å². The van der Waals surface area contributed by atoms with Crippen LogP contribution in [0, 0.1) is 6.92 Å². The van der Waals surface area contributed by atoms with Crippen molar-refractivity contribution in [2.24, 2.45) is 7.05 Å². The van der Waals surface area contributed by atoms with Gasteiger partial charge >= 0.3 is 0 Å². The fraction of sp³-hybridized carbons (Fsp3) is 0.471. The molecule has 1 heterocycles. The zero-order valence-corrected chi connectivity index (χ0v) is 14.0. The van der Waals surface area contributed by atoms with Gasteiger partial charge in [-0.1, -0.05) is 24.6 Å². The van der Waals surface area contributed by atoms with Gasteiger partial charge in [-0.2, -0.15) is 5.10 Å². The first kappa shape index (κ1) is 16.1. The van der Waals surface area contributed by atoms with E-state index in [4.69, 9.17) is 0 Å². The van der Waals surface area contributed by atoms with Gasteiger partial charge in [-0.05, 0) is 44.5 Å². The second-order valence-electron chi connectivity index (χ2n) is 5.36. The molecule has 0 bridgehead atoms. The maximum absolute atomic E-state index is 4.23. The Bertz CT molecular complexity index is 533. The van der Waals surface area contributed by atoms with Crippen molar-refractivity contribution in [3.05, 3.63) is 47.8 Å². The summed E-state index contributed by atoms with van der Waals surface area (Å²) in [5.74, 6) is 1.11. The van der Waals surface area contributed by atoms with Gasteiger partial charge in [0.25, 0.3) is 0 Å². The van der Waals surface area contributed by atoms with Crippen LogP contribution in [0.4, 0.5) is 0 Å². The van der Waals surface area contributed by atoms with E-state index in [1.807, 2.05) is 29.7 Å². The molecule has 0 saturated heterocycles. The van der Waals surface area contributed by atoms with Crippen LogP contribution in [0.5, 0.6) is 0 Å². The predicted molar refractivity (Wildman–Crippen MR) is 90.9 cm³/mol. The average Bonchev–Trinajstić information content (AvgIpc) is 2.89. The Morgan fingerprint density at radius 2 is 2.00 bits per heavy atom. The molecule has 3 nitrogen and oxygen atoms in total. The highest BCUT2D eigenvalue weighted by Gasteiger charge is 2.09. The highest BCUT2D eigenvalue weighted by atomic mass is 32.2. The number of benzene rings is 1. The number of nitrogens with zero attached hydrogens (tertiary/aromatic N) is 2. The molecule has 1 atom stereocenters. The molecule has 4 heteroatoms. The van der Waals surface area contributed by atoms with E-state index in [-0.39, 0.29) is 0 Å². The van der Waals surface area contributed by atoms with Crippen molar-refractivity contribution >= 4 is 11.8 Å². The molecule has 1 unspecified atom stereocenters. The maximum Gasteiger partial charge on any atom is 0.0492 e. The Hall–Kier alpha value is -1.26. The van der Waals surface area contributed by atoms with E-state index in [9.17, 15) is 0 Å². The number of aryl methyl sites for hydroxylation is 3. The van der Waals surface area contributed by atoms with Gasteiger partial charge in [0.1, 0.15) is 0 Å². The van der Waals surface area contributed by atoms with Gasteiger partial charge in [0.05, 0.1) is 0 Å². The van der Waals surface area contributed by atoms with Crippen molar-refractivity contribution in [3.63, 3.8) is 0 Å². The number of nitrogens with one attached hydrogen (secondary N) is 1. The molecule has 0 aliphatic carbocycles. The van der Waals surface area contributed by atoms with Crippen LogP contribution < -0.4 is 5.32 Å². The van der Waals surface area contributed by atoms with Crippen molar-refractivity contribution in [1.29, 1.82) is 0 Å². The van der Waals surface area contributed by atoms with Crippen LogP contribution in [0.15, 0.2) is 41.4 Å². The molecule has 0 radical (unpaired) electrons. The summed E-state index contributed by atoms with van der Waals surface area (Å²) in [6.45, 7) is 5.32. The van der Waals surface area contributed by atoms with E-state index in [0.29, 0.717) is 6.04 Å². The molecule has 1 N–H and O–H groups in total. The number of hydrogen-bond acceptors (Lipinski definition) is 3. The molecule has 0 aliphatic heterocycles. The minimum atomic E-state index is 0.538. The van der Waals surface area contributed by atoms with Crippen LogP contribution in [0.25, 0.3) is 0 Å². The molecular formula is C17H25N3S. The van der Waals surface area contributed by atoms with Gasteiger partial charge in [0.15, 0.2) is 0 Å². The molecule has 114 valence electrons. The van der Waals surface area contributed by atoms with Crippen LogP contribution in [-0.4, -0.2) is 28.1 Å². The SMILES string of the molecule is CCNC(CCc1ccnn1C)CSc1ccc(C)cc1. The highest BCUT2D eigenvalue weighted by Crippen LogP contribution is 2.20. The van der Waals surface area contributed by atoms with E-state index in [2.05, 4.69) is 54.6 Å². The van der Waals surface area contributed by atoms with E-state index in [0.717, 1.165) is 25.1 Å². The predicted octanol–water partition coefficient (Wildman–Crippen LogP) is 3.43. The first-order chi connectivity index (χ1) is 10.2. The standard InChI is InChI=1S/C17H25N3S/c1-4-18-15(7-8-16-11-12-19-20(16)3)13-21-17-9-5-14(2)6-10-17/h5-6,9-12,15,18H,4,7-8,13H2,1-3H3. The zero-order valence-electron chi connectivity index (χ0n) is 13.2. The molecule has 0 amide bonds. The van der Waals surface area contributed by atoms with Crippen LogP contribution in [0.1, 0.15) is 24.6 Å². The molecule has 0 spiro atoms. The van der Waals surface area contributed by atoms with Crippen LogP contribution in [0.2, 0.25) is 0 Å². The van der Waals surface area contributed by atoms with E-state index < -0.39 is 0 Å². The van der Waals surface area contributed by atoms with Gasteiger partial charge in [-0.25, -0.2) is 0 Å². The Kier molecular flexibility index (Phi) is 6.33. The molecule has 0 saturated carbocycles. The molecule has 0 aliphatic rings. The fourth-order valence-corrected chi connectivity index (χ4v) is 3.34. The smallest absolute Gasteiger partial charge is 0.0492 e. The third kappa shape index (κ3) is 5.21. The van der Waals surface area contributed by atoms with Crippen LogP contribution in [-0.2, 0) is 13.5 Å². The van der Waals surface area contributed by atoms with E-state index >= 15 is 0 Å². The third-order valence-corrected chi connectivity index (χ3v) is 4.81. The lowest BCUT2D eigenvalue weighted by Gasteiger charge is -2.17. The number of thioether (sulfide) groups is 1. The van der Waals surface area contributed by atoms with Crippen molar-refractivity contribution in [3.8, 4) is 0 Å². The van der Waals surface area contributed by atoms with Crippen LogP contribution >= 0.6 is 11.8 Å². The van der Waals surface area contributed by atoms with E-state index in [1.165, 1.54) is 16.2 Å². The molecular weight excluding hydrogens is 278 g/mol. The van der Waals surface area contributed by atoms with Gasteiger partial charge < -0.3 is 5.32 Å². The lowest BCUT2D eigenvalue weighted by molar-refractivity contribution is 0.527. The summed E-state index contributed by atoms with van der Waals surface area (Å²) < 4.78 is 1.97. The van der Waals surface area contributed by atoms with Gasteiger partial charge in [0, 0.05) is 35.6 Å². The molecule has 1 aromatic heterocycles. The normalized spacial score (nSPS) is 12.5. The molecule has 21 heavy (non-hydrogen) atoms. The van der Waals surface area contributed by atoms with Crippen molar-refractivity contribution in [1.82, 2.24) is 15.1 Å². The van der Waals surface area contributed by atoms with Gasteiger partial charge in [-0.3, -0.25) is 4.68 Å². The Morgan fingerprint density at radius 1 is 1.24 bits per heavy atom. The zero-order chi connectivity index (χ0) is 15.1. The average molecular weight is 303 g/mol. The summed E-state index contributed by atoms with van der Waals surface area (Å²) in [5, 5.41) is 7.83. The number of hydrogen-bond donors (Lipinski definition) is 1. The molecule has 0 fully saturated rings. The van der Waals surface area contributed by atoms with E-state index in [1.54, 1.807) is 0 Å². The highest BCUT2D eigenvalue weighted by molar-refractivity contribution is 7.99. The summed E-state index contributed by atoms with van der Waals surface area (Å²) in [4.78, 5) is 1.35. The Morgan fingerprint density at radius 3 is 2.62 bits per heavy atom. The fourth-order valence-electron chi connectivity index (χ4n) is 2.33. The number of rotatable bonds is 8. The maximum atomic E-state index is 4.23. The minimum Gasteiger partial charge on any atom is -0.313 e. The van der Waals surface area contributed by atoms with Gasteiger partial charge in [0.2, 0.25) is 0 Å². The first-order valence-electron chi connectivity index (χ1n) is 7.58. The second-order valence-corrected chi connectivity index (χ2v) is 6.46. The summed E-state index contributed by atoms with van der Waals surface area (Å²) in [6.07, 6.45) is 4.09. The topological polar surface area (TPSA) is 29.9 Å². The molecule has 1 aromatic carbocycles. The summed E-state index contributed by atoms with van der Waals surface area (Å²) in [6, 6.07) is 11.4.